The third kappa shape index (κ3) is 3.67. The summed E-state index contributed by atoms with van der Waals surface area (Å²) >= 11 is 0. The molecule has 1 fully saturated rings. The van der Waals surface area contributed by atoms with Crippen LogP contribution >= 0.6 is 0 Å². The molecule has 0 aliphatic carbocycles. The highest BCUT2D eigenvalue weighted by Crippen LogP contribution is 2.26. The van der Waals surface area contributed by atoms with Crippen LogP contribution in [0, 0.1) is 0 Å². The van der Waals surface area contributed by atoms with Gasteiger partial charge in [0.05, 0.1) is 6.04 Å². The lowest BCUT2D eigenvalue weighted by Gasteiger charge is -2.36. The lowest BCUT2D eigenvalue weighted by Crippen LogP contribution is -2.51. The maximum absolute atomic E-state index is 12.5. The molecule has 5 nitrogen and oxygen atoms in total. The van der Waals surface area contributed by atoms with Gasteiger partial charge in [0.2, 0.25) is 5.91 Å². The number of likely N-dealkylation sites (tertiary alicyclic amines) is 1. The van der Waals surface area contributed by atoms with Crippen molar-refractivity contribution in [1.82, 2.24) is 4.90 Å². The van der Waals surface area contributed by atoms with E-state index in [1.807, 2.05) is 4.90 Å². The first kappa shape index (κ1) is 15.6. The van der Waals surface area contributed by atoms with Crippen molar-refractivity contribution >= 4 is 5.91 Å². The first-order valence-corrected chi connectivity index (χ1v) is 7.59. The molecule has 1 aliphatic heterocycles. The molecular weight excluding hydrogens is 268 g/mol. The van der Waals surface area contributed by atoms with Crippen LogP contribution in [0.2, 0.25) is 0 Å². The fraction of sp³-hybridized carbons (Fsp3) is 0.562. The summed E-state index contributed by atoms with van der Waals surface area (Å²) in [6.07, 6.45) is 4.57. The number of hydrogen-bond acceptors (Lipinski definition) is 4. The molecule has 116 valence electrons. The number of piperidine rings is 1. The Morgan fingerprint density at radius 2 is 2.14 bits per heavy atom. The molecule has 1 unspecified atom stereocenters. The molecule has 21 heavy (non-hydrogen) atoms. The normalized spacial score (nSPS) is 20.3. The van der Waals surface area contributed by atoms with E-state index in [2.05, 4.69) is 6.92 Å². The summed E-state index contributed by atoms with van der Waals surface area (Å²) < 4.78 is 0. The van der Waals surface area contributed by atoms with E-state index in [4.69, 9.17) is 5.73 Å². The molecular formula is C16H24N2O3. The maximum Gasteiger partial charge on any atom is 0.240 e. The first-order chi connectivity index (χ1) is 10.0. The number of benzene rings is 1. The monoisotopic (exact) mass is 292 g/mol. The molecule has 1 saturated heterocycles. The van der Waals surface area contributed by atoms with E-state index in [0.29, 0.717) is 12.5 Å². The van der Waals surface area contributed by atoms with Gasteiger partial charge in [-0.1, -0.05) is 13.0 Å². The van der Waals surface area contributed by atoms with Crippen LogP contribution in [0.3, 0.4) is 0 Å². The fourth-order valence-corrected chi connectivity index (χ4v) is 2.97. The van der Waals surface area contributed by atoms with Crippen molar-refractivity contribution in [3.8, 4) is 11.5 Å². The van der Waals surface area contributed by atoms with Crippen molar-refractivity contribution in [3.63, 3.8) is 0 Å². The third-order valence-corrected chi connectivity index (χ3v) is 4.19. The molecule has 0 bridgehead atoms. The predicted molar refractivity (Wildman–Crippen MR) is 81.1 cm³/mol. The van der Waals surface area contributed by atoms with Crippen LogP contribution < -0.4 is 5.73 Å². The first-order valence-electron chi connectivity index (χ1n) is 7.59. The topological polar surface area (TPSA) is 86.8 Å². The number of hydrogen-bond donors (Lipinski definition) is 3. The van der Waals surface area contributed by atoms with Crippen LogP contribution in [0.5, 0.6) is 11.5 Å². The quantitative estimate of drug-likeness (QED) is 0.738. The summed E-state index contributed by atoms with van der Waals surface area (Å²) in [5.74, 6) is -0.369. The molecule has 4 N–H and O–H groups in total. The van der Waals surface area contributed by atoms with Crippen molar-refractivity contribution in [3.05, 3.63) is 23.8 Å². The third-order valence-electron chi connectivity index (χ3n) is 4.19. The Morgan fingerprint density at radius 1 is 1.38 bits per heavy atom. The molecule has 0 radical (unpaired) electrons. The fourth-order valence-electron chi connectivity index (χ4n) is 2.97. The molecule has 0 aromatic heterocycles. The summed E-state index contributed by atoms with van der Waals surface area (Å²) in [6.45, 7) is 2.88. The second-order valence-corrected chi connectivity index (χ2v) is 5.72. The van der Waals surface area contributed by atoms with Gasteiger partial charge in [-0.3, -0.25) is 4.79 Å². The molecule has 5 heteroatoms. The molecule has 1 amide bonds. The van der Waals surface area contributed by atoms with E-state index in [-0.39, 0.29) is 17.4 Å². The van der Waals surface area contributed by atoms with Crippen LogP contribution in [-0.2, 0) is 11.2 Å². The lowest BCUT2D eigenvalue weighted by atomic mass is 9.97. The van der Waals surface area contributed by atoms with Crippen molar-refractivity contribution in [1.29, 1.82) is 0 Å². The number of amides is 1. The number of carbonyl (C=O) groups is 1. The number of aromatic hydroxyl groups is 2. The van der Waals surface area contributed by atoms with Crippen LogP contribution in [0.25, 0.3) is 0 Å². The highest BCUT2D eigenvalue weighted by Gasteiger charge is 2.28. The van der Waals surface area contributed by atoms with Gasteiger partial charge in [0.1, 0.15) is 0 Å². The zero-order valence-electron chi connectivity index (χ0n) is 12.5. The van der Waals surface area contributed by atoms with Gasteiger partial charge < -0.3 is 20.8 Å². The van der Waals surface area contributed by atoms with Gasteiger partial charge in [-0.25, -0.2) is 0 Å². The highest BCUT2D eigenvalue weighted by atomic mass is 16.3. The standard InChI is InChI=1S/C16H24N2O3/c1-2-12-5-3-4-8-18(12)16(21)13(17)9-11-6-7-14(19)15(20)10-11/h6-7,10,12-13,19-20H,2-5,8-9,17H2,1H3/t12?,13-/m0/s1. The van der Waals surface area contributed by atoms with Crippen molar-refractivity contribution in [2.45, 2.75) is 51.1 Å². The minimum absolute atomic E-state index is 0.0193. The zero-order chi connectivity index (χ0) is 15.4. The Hall–Kier alpha value is -1.75. The molecule has 0 spiro atoms. The molecule has 1 aromatic carbocycles. The Balaban J connectivity index is 2.02. The zero-order valence-corrected chi connectivity index (χ0v) is 12.5. The number of phenolic OH excluding ortho intramolecular Hbond substituents is 2. The van der Waals surface area contributed by atoms with E-state index < -0.39 is 6.04 Å². The maximum atomic E-state index is 12.5. The van der Waals surface area contributed by atoms with E-state index in [1.165, 1.54) is 18.6 Å². The minimum Gasteiger partial charge on any atom is -0.504 e. The Kier molecular flexibility index (Phi) is 5.07. The molecule has 2 atom stereocenters. The summed E-state index contributed by atoms with van der Waals surface area (Å²) in [6, 6.07) is 4.23. The molecule has 2 rings (SSSR count). The number of rotatable bonds is 4. The summed E-state index contributed by atoms with van der Waals surface area (Å²) in [5, 5.41) is 18.8. The van der Waals surface area contributed by atoms with Crippen LogP contribution in [0.1, 0.15) is 38.2 Å². The van der Waals surface area contributed by atoms with E-state index in [9.17, 15) is 15.0 Å². The molecule has 1 heterocycles. The Bertz CT molecular complexity index is 504. The van der Waals surface area contributed by atoms with Gasteiger partial charge in [-0.15, -0.1) is 0 Å². The van der Waals surface area contributed by atoms with Crippen molar-refractivity contribution in [2.24, 2.45) is 5.73 Å². The van der Waals surface area contributed by atoms with Gasteiger partial charge in [0, 0.05) is 12.6 Å². The summed E-state index contributed by atoms with van der Waals surface area (Å²) in [7, 11) is 0. The van der Waals surface area contributed by atoms with E-state index >= 15 is 0 Å². The van der Waals surface area contributed by atoms with Gasteiger partial charge in [0.15, 0.2) is 11.5 Å². The van der Waals surface area contributed by atoms with Crippen LogP contribution in [0.4, 0.5) is 0 Å². The average Bonchev–Trinajstić information content (AvgIpc) is 2.50. The van der Waals surface area contributed by atoms with Crippen LogP contribution in [0.15, 0.2) is 18.2 Å². The van der Waals surface area contributed by atoms with Crippen molar-refractivity contribution in [2.75, 3.05) is 6.54 Å². The second-order valence-electron chi connectivity index (χ2n) is 5.72. The largest absolute Gasteiger partial charge is 0.504 e. The SMILES string of the molecule is CCC1CCCCN1C(=O)[C@@H](N)Cc1ccc(O)c(O)c1. The molecule has 1 aliphatic rings. The lowest BCUT2D eigenvalue weighted by molar-refractivity contribution is -0.136. The van der Waals surface area contributed by atoms with Gasteiger partial charge in [-0.2, -0.15) is 0 Å². The van der Waals surface area contributed by atoms with Gasteiger partial charge in [-0.05, 0) is 49.8 Å². The number of nitrogens with zero attached hydrogens (tertiary/aromatic N) is 1. The number of carbonyl (C=O) groups excluding carboxylic acids is 1. The van der Waals surface area contributed by atoms with E-state index in [0.717, 1.165) is 31.4 Å². The second kappa shape index (κ2) is 6.80. The van der Waals surface area contributed by atoms with Crippen molar-refractivity contribution < 1.29 is 15.0 Å². The average molecular weight is 292 g/mol. The smallest absolute Gasteiger partial charge is 0.240 e. The molecule has 1 aromatic rings. The molecule has 0 saturated carbocycles. The predicted octanol–water partition coefficient (Wildman–Crippen LogP) is 1.76. The van der Waals surface area contributed by atoms with E-state index in [1.54, 1.807) is 6.07 Å². The highest BCUT2D eigenvalue weighted by molar-refractivity contribution is 5.82. The Labute approximate surface area is 125 Å². The van der Waals surface area contributed by atoms with Gasteiger partial charge in [0.25, 0.3) is 0 Å². The van der Waals surface area contributed by atoms with Gasteiger partial charge >= 0.3 is 0 Å². The van der Waals surface area contributed by atoms with Crippen LogP contribution in [-0.4, -0.2) is 39.6 Å². The minimum atomic E-state index is -0.610. The summed E-state index contributed by atoms with van der Waals surface area (Å²) in [4.78, 5) is 14.4. The Morgan fingerprint density at radius 3 is 2.81 bits per heavy atom. The number of nitrogens with two attached hydrogens (primary N) is 1. The summed E-state index contributed by atoms with van der Waals surface area (Å²) in [5.41, 5.74) is 6.80. The number of phenols is 2.